The van der Waals surface area contributed by atoms with Crippen molar-refractivity contribution >= 4 is 5.82 Å². The van der Waals surface area contributed by atoms with E-state index in [-0.39, 0.29) is 0 Å². The molecule has 1 N–H and O–H groups in total. The minimum Gasteiger partial charge on any atom is -0.360 e. The molecule has 2 rings (SSSR count). The standard InChI is InChI=1S/C16H28N4/c1-4-10-20(15-8-9-17-12-15)13-14-6-7-16(18-11-14)19(3)5-2/h6-7,11,15,17H,4-5,8-10,12-13H2,1-3H3. The first-order valence-corrected chi connectivity index (χ1v) is 7.85. The molecule has 0 amide bonds. The first kappa shape index (κ1) is 15.3. The van der Waals surface area contributed by atoms with Crippen LogP contribution in [0.25, 0.3) is 0 Å². The third kappa shape index (κ3) is 3.93. The van der Waals surface area contributed by atoms with Gasteiger partial charge in [0.25, 0.3) is 0 Å². The molecule has 0 radical (unpaired) electrons. The summed E-state index contributed by atoms with van der Waals surface area (Å²) in [6.07, 6.45) is 4.51. The van der Waals surface area contributed by atoms with Crippen molar-refractivity contribution in [2.75, 3.05) is 38.1 Å². The van der Waals surface area contributed by atoms with Gasteiger partial charge < -0.3 is 10.2 Å². The Morgan fingerprint density at radius 1 is 1.35 bits per heavy atom. The smallest absolute Gasteiger partial charge is 0.128 e. The summed E-state index contributed by atoms with van der Waals surface area (Å²) in [6.45, 7) is 9.86. The zero-order valence-corrected chi connectivity index (χ0v) is 13.1. The molecular formula is C16H28N4. The van der Waals surface area contributed by atoms with Gasteiger partial charge in [0.1, 0.15) is 5.82 Å². The van der Waals surface area contributed by atoms with E-state index in [1.54, 1.807) is 0 Å². The highest BCUT2D eigenvalue weighted by atomic mass is 15.2. The van der Waals surface area contributed by atoms with Crippen LogP contribution in [-0.4, -0.2) is 49.2 Å². The molecule has 0 saturated carbocycles. The molecule has 1 fully saturated rings. The van der Waals surface area contributed by atoms with Crippen LogP contribution in [0.2, 0.25) is 0 Å². The summed E-state index contributed by atoms with van der Waals surface area (Å²) >= 11 is 0. The Morgan fingerprint density at radius 3 is 2.75 bits per heavy atom. The second-order valence-corrected chi connectivity index (χ2v) is 5.66. The molecule has 1 unspecified atom stereocenters. The van der Waals surface area contributed by atoms with Crippen molar-refractivity contribution in [2.24, 2.45) is 0 Å². The van der Waals surface area contributed by atoms with Crippen LogP contribution < -0.4 is 10.2 Å². The first-order valence-electron chi connectivity index (χ1n) is 7.85. The number of aromatic nitrogens is 1. The third-order valence-corrected chi connectivity index (χ3v) is 4.12. The lowest BCUT2D eigenvalue weighted by Gasteiger charge is -2.28. The van der Waals surface area contributed by atoms with E-state index in [0.29, 0.717) is 6.04 Å². The highest BCUT2D eigenvalue weighted by molar-refractivity contribution is 5.37. The normalized spacial score (nSPS) is 18.7. The van der Waals surface area contributed by atoms with Crippen molar-refractivity contribution in [3.63, 3.8) is 0 Å². The minimum atomic E-state index is 0.688. The molecule has 0 aliphatic carbocycles. The molecule has 0 bridgehead atoms. The molecular weight excluding hydrogens is 248 g/mol. The van der Waals surface area contributed by atoms with Gasteiger partial charge in [-0.1, -0.05) is 13.0 Å². The van der Waals surface area contributed by atoms with Gasteiger partial charge in [-0.2, -0.15) is 0 Å². The average molecular weight is 276 g/mol. The molecule has 1 aliphatic heterocycles. The third-order valence-electron chi connectivity index (χ3n) is 4.12. The number of rotatable bonds is 7. The highest BCUT2D eigenvalue weighted by Gasteiger charge is 2.21. The Bertz CT molecular complexity index is 384. The molecule has 1 aromatic rings. The highest BCUT2D eigenvalue weighted by Crippen LogP contribution is 2.15. The molecule has 112 valence electrons. The Balaban J connectivity index is 1.98. The number of hydrogen-bond acceptors (Lipinski definition) is 4. The fourth-order valence-electron chi connectivity index (χ4n) is 2.76. The lowest BCUT2D eigenvalue weighted by atomic mass is 10.1. The van der Waals surface area contributed by atoms with E-state index >= 15 is 0 Å². The van der Waals surface area contributed by atoms with E-state index in [2.05, 4.69) is 53.1 Å². The van der Waals surface area contributed by atoms with Crippen LogP contribution in [0.15, 0.2) is 18.3 Å². The lowest BCUT2D eigenvalue weighted by molar-refractivity contribution is 0.199. The van der Waals surface area contributed by atoms with Crippen LogP contribution in [-0.2, 0) is 6.54 Å². The van der Waals surface area contributed by atoms with Crippen molar-refractivity contribution in [3.8, 4) is 0 Å². The van der Waals surface area contributed by atoms with Gasteiger partial charge in [-0.3, -0.25) is 4.90 Å². The fraction of sp³-hybridized carbons (Fsp3) is 0.688. The van der Waals surface area contributed by atoms with Crippen molar-refractivity contribution in [2.45, 2.75) is 39.3 Å². The van der Waals surface area contributed by atoms with Crippen LogP contribution in [0.5, 0.6) is 0 Å². The van der Waals surface area contributed by atoms with Gasteiger partial charge >= 0.3 is 0 Å². The quantitative estimate of drug-likeness (QED) is 0.826. The molecule has 1 saturated heterocycles. The van der Waals surface area contributed by atoms with Crippen LogP contribution in [0.1, 0.15) is 32.3 Å². The van der Waals surface area contributed by atoms with E-state index in [1.807, 2.05) is 6.20 Å². The maximum absolute atomic E-state index is 4.57. The Morgan fingerprint density at radius 2 is 2.20 bits per heavy atom. The molecule has 4 nitrogen and oxygen atoms in total. The number of hydrogen-bond donors (Lipinski definition) is 1. The van der Waals surface area contributed by atoms with Crippen LogP contribution in [0.4, 0.5) is 5.82 Å². The minimum absolute atomic E-state index is 0.688. The molecule has 0 spiro atoms. The van der Waals surface area contributed by atoms with E-state index in [9.17, 15) is 0 Å². The largest absolute Gasteiger partial charge is 0.360 e. The Kier molecular flexibility index (Phi) is 5.80. The SMILES string of the molecule is CCCN(Cc1ccc(N(C)CC)nc1)C1CCNC1. The molecule has 1 aliphatic rings. The second kappa shape index (κ2) is 7.60. The summed E-state index contributed by atoms with van der Waals surface area (Å²) in [6, 6.07) is 5.04. The van der Waals surface area contributed by atoms with Gasteiger partial charge in [-0.15, -0.1) is 0 Å². The average Bonchev–Trinajstić information content (AvgIpc) is 3.01. The molecule has 20 heavy (non-hydrogen) atoms. The van der Waals surface area contributed by atoms with Gasteiger partial charge in [0, 0.05) is 38.9 Å². The Hall–Kier alpha value is -1.13. The predicted molar refractivity (Wildman–Crippen MR) is 85.2 cm³/mol. The van der Waals surface area contributed by atoms with E-state index < -0.39 is 0 Å². The first-order chi connectivity index (χ1) is 9.74. The van der Waals surface area contributed by atoms with Gasteiger partial charge in [-0.05, 0) is 44.5 Å². The van der Waals surface area contributed by atoms with E-state index in [0.717, 1.165) is 32.0 Å². The predicted octanol–water partition coefficient (Wildman–Crippen LogP) is 2.11. The Labute approximate surface area is 123 Å². The summed E-state index contributed by atoms with van der Waals surface area (Å²) in [5, 5.41) is 3.46. The van der Waals surface area contributed by atoms with Crippen molar-refractivity contribution < 1.29 is 0 Å². The summed E-state index contributed by atoms with van der Waals surface area (Å²) in [5.41, 5.74) is 1.32. The summed E-state index contributed by atoms with van der Waals surface area (Å²) < 4.78 is 0. The number of anilines is 1. The van der Waals surface area contributed by atoms with Gasteiger partial charge in [0.05, 0.1) is 0 Å². The lowest BCUT2D eigenvalue weighted by Crippen LogP contribution is -2.36. The number of nitrogens with one attached hydrogen (secondary N) is 1. The number of nitrogens with zero attached hydrogens (tertiary/aromatic N) is 3. The van der Waals surface area contributed by atoms with Crippen molar-refractivity contribution in [3.05, 3.63) is 23.9 Å². The van der Waals surface area contributed by atoms with E-state index in [4.69, 9.17) is 0 Å². The molecule has 0 aromatic carbocycles. The van der Waals surface area contributed by atoms with E-state index in [1.165, 1.54) is 24.9 Å². The maximum Gasteiger partial charge on any atom is 0.128 e. The van der Waals surface area contributed by atoms with Gasteiger partial charge in [0.15, 0.2) is 0 Å². The molecule has 4 heteroatoms. The summed E-state index contributed by atoms with van der Waals surface area (Å²) in [7, 11) is 2.08. The summed E-state index contributed by atoms with van der Waals surface area (Å²) in [4.78, 5) is 9.33. The fourth-order valence-corrected chi connectivity index (χ4v) is 2.76. The zero-order chi connectivity index (χ0) is 14.4. The van der Waals surface area contributed by atoms with Crippen molar-refractivity contribution in [1.29, 1.82) is 0 Å². The van der Waals surface area contributed by atoms with Crippen molar-refractivity contribution in [1.82, 2.24) is 15.2 Å². The topological polar surface area (TPSA) is 31.4 Å². The van der Waals surface area contributed by atoms with Crippen LogP contribution in [0, 0.1) is 0 Å². The molecule has 1 aromatic heterocycles. The summed E-state index contributed by atoms with van der Waals surface area (Å²) in [5.74, 6) is 1.06. The van der Waals surface area contributed by atoms with Gasteiger partial charge in [-0.25, -0.2) is 4.98 Å². The maximum atomic E-state index is 4.57. The van der Waals surface area contributed by atoms with Gasteiger partial charge in [0.2, 0.25) is 0 Å². The monoisotopic (exact) mass is 276 g/mol. The molecule has 1 atom stereocenters. The second-order valence-electron chi connectivity index (χ2n) is 5.66. The van der Waals surface area contributed by atoms with Crippen LogP contribution in [0.3, 0.4) is 0 Å². The number of pyridine rings is 1. The van der Waals surface area contributed by atoms with Crippen LogP contribution >= 0.6 is 0 Å². The molecule has 2 heterocycles. The zero-order valence-electron chi connectivity index (χ0n) is 13.1.